The topological polar surface area (TPSA) is 81.5 Å². The predicted octanol–water partition coefficient (Wildman–Crippen LogP) is 0.934. The summed E-state index contributed by atoms with van der Waals surface area (Å²) in [6, 6.07) is 0.264. The second-order valence-electron chi connectivity index (χ2n) is 8.12. The van der Waals surface area contributed by atoms with Crippen LogP contribution in [0.15, 0.2) is 11.9 Å². The van der Waals surface area contributed by atoms with Crippen molar-refractivity contribution in [2.24, 2.45) is 7.05 Å². The Hall–Kier alpha value is -1.71. The van der Waals surface area contributed by atoms with E-state index in [4.69, 9.17) is 0 Å². The van der Waals surface area contributed by atoms with Gasteiger partial charge in [-0.05, 0) is 45.6 Å². The van der Waals surface area contributed by atoms with E-state index in [9.17, 15) is 5.11 Å². The average Bonchev–Trinajstić information content (AvgIpc) is 3.32. The van der Waals surface area contributed by atoms with Crippen LogP contribution in [-0.4, -0.2) is 61.6 Å². The molecule has 2 aliphatic heterocycles. The summed E-state index contributed by atoms with van der Waals surface area (Å²) in [5, 5.41) is 19.7. The van der Waals surface area contributed by atoms with Gasteiger partial charge in [0.2, 0.25) is 0 Å². The van der Waals surface area contributed by atoms with Gasteiger partial charge in [-0.3, -0.25) is 5.01 Å². The standard InChI is InChI=1S/C18H30FN7O/c1-24-9-7-18(19,8-10-24)15-11-20-23-26(15)14-5-3-13(4-6-14)17-22-21-16(12-27)25(17)2/h11,13-14,20,23,27H,3-10,12H2,1-2H3. The molecule has 27 heavy (non-hydrogen) atoms. The number of nitrogens with zero attached hydrogens (tertiary/aromatic N) is 5. The van der Waals surface area contributed by atoms with E-state index < -0.39 is 5.67 Å². The number of aliphatic hydroxyl groups is 1. The van der Waals surface area contributed by atoms with Gasteiger partial charge >= 0.3 is 0 Å². The molecule has 1 aromatic rings. The first-order valence-electron chi connectivity index (χ1n) is 9.89. The molecular weight excluding hydrogens is 349 g/mol. The molecule has 0 atom stereocenters. The number of aliphatic hydroxyl groups excluding tert-OH is 1. The highest BCUT2D eigenvalue weighted by Gasteiger charge is 2.44. The first-order valence-corrected chi connectivity index (χ1v) is 9.89. The van der Waals surface area contributed by atoms with E-state index in [0.29, 0.717) is 24.6 Å². The number of likely N-dealkylation sites (tertiary alicyclic amines) is 1. The zero-order chi connectivity index (χ0) is 19.0. The minimum Gasteiger partial charge on any atom is -0.388 e. The molecule has 3 N–H and O–H groups in total. The number of aromatic nitrogens is 3. The number of hydrogen-bond donors (Lipinski definition) is 3. The van der Waals surface area contributed by atoms with Gasteiger partial charge in [0.25, 0.3) is 0 Å². The SMILES string of the molecule is CN1CCC(F)(C2=CNNN2C2CCC(c3nnc(CO)n3C)CC2)CC1. The lowest BCUT2D eigenvalue weighted by Gasteiger charge is -2.42. The third kappa shape index (κ3) is 3.43. The van der Waals surface area contributed by atoms with Crippen molar-refractivity contribution in [1.29, 1.82) is 0 Å². The minimum absolute atomic E-state index is 0.0931. The third-order valence-electron chi connectivity index (χ3n) is 6.46. The van der Waals surface area contributed by atoms with E-state index in [2.05, 4.69) is 26.1 Å². The van der Waals surface area contributed by atoms with Gasteiger partial charge in [-0.25, -0.2) is 4.39 Å². The van der Waals surface area contributed by atoms with E-state index in [-0.39, 0.29) is 12.6 Å². The monoisotopic (exact) mass is 379 g/mol. The Bertz CT molecular complexity index is 690. The molecule has 1 aromatic heterocycles. The lowest BCUT2D eigenvalue weighted by atomic mass is 9.83. The van der Waals surface area contributed by atoms with Crippen LogP contribution in [0.1, 0.15) is 56.1 Å². The molecule has 0 aromatic carbocycles. The molecule has 3 heterocycles. The van der Waals surface area contributed by atoms with Crippen LogP contribution in [0, 0.1) is 0 Å². The van der Waals surface area contributed by atoms with Crippen molar-refractivity contribution in [3.05, 3.63) is 23.5 Å². The fraction of sp³-hybridized carbons (Fsp3) is 0.778. The summed E-state index contributed by atoms with van der Waals surface area (Å²) in [5.41, 5.74) is 5.67. The van der Waals surface area contributed by atoms with Gasteiger partial charge in [0.15, 0.2) is 11.5 Å². The summed E-state index contributed by atoms with van der Waals surface area (Å²) >= 11 is 0. The molecule has 8 nitrogen and oxygen atoms in total. The van der Waals surface area contributed by atoms with Crippen LogP contribution in [0.2, 0.25) is 0 Å². The van der Waals surface area contributed by atoms with E-state index in [1.54, 1.807) is 6.20 Å². The van der Waals surface area contributed by atoms with Crippen molar-refractivity contribution >= 4 is 0 Å². The van der Waals surface area contributed by atoms with Crippen LogP contribution in [0.5, 0.6) is 0 Å². The van der Waals surface area contributed by atoms with E-state index >= 15 is 4.39 Å². The highest BCUT2D eigenvalue weighted by molar-refractivity contribution is 5.20. The summed E-state index contributed by atoms with van der Waals surface area (Å²) in [6.45, 7) is 1.48. The second-order valence-corrected chi connectivity index (χ2v) is 8.12. The fourth-order valence-corrected chi connectivity index (χ4v) is 4.62. The molecular formula is C18H30FN7O. The first kappa shape index (κ1) is 18.6. The first-order chi connectivity index (χ1) is 13.0. The van der Waals surface area contributed by atoms with Crippen molar-refractivity contribution in [3.63, 3.8) is 0 Å². The van der Waals surface area contributed by atoms with Crippen LogP contribution in [0.25, 0.3) is 0 Å². The molecule has 2 fully saturated rings. The number of rotatable bonds is 4. The highest BCUT2D eigenvalue weighted by atomic mass is 19.1. The summed E-state index contributed by atoms with van der Waals surface area (Å²) in [6.07, 6.45) is 6.77. The number of alkyl halides is 1. The van der Waals surface area contributed by atoms with Gasteiger partial charge < -0.3 is 20.0 Å². The van der Waals surface area contributed by atoms with Crippen LogP contribution in [-0.2, 0) is 13.7 Å². The molecule has 0 bridgehead atoms. The van der Waals surface area contributed by atoms with Gasteiger partial charge in [0.1, 0.15) is 12.4 Å². The van der Waals surface area contributed by atoms with Crippen LogP contribution in [0.3, 0.4) is 0 Å². The average molecular weight is 379 g/mol. The quantitative estimate of drug-likeness (QED) is 0.718. The maximum atomic E-state index is 15.6. The predicted molar refractivity (Wildman–Crippen MR) is 98.7 cm³/mol. The molecule has 150 valence electrons. The minimum atomic E-state index is -1.26. The Kier molecular flexibility index (Phi) is 5.09. The molecule has 0 unspecified atom stereocenters. The lowest BCUT2D eigenvalue weighted by molar-refractivity contribution is 0.0398. The molecule has 1 aliphatic carbocycles. The number of piperidine rings is 1. The third-order valence-corrected chi connectivity index (χ3v) is 6.46. The summed E-state index contributed by atoms with van der Waals surface area (Å²) < 4.78 is 17.5. The molecule has 1 saturated heterocycles. The zero-order valence-corrected chi connectivity index (χ0v) is 16.2. The van der Waals surface area contributed by atoms with Gasteiger partial charge in [-0.2, -0.15) is 0 Å². The Morgan fingerprint density at radius 3 is 2.52 bits per heavy atom. The van der Waals surface area contributed by atoms with Crippen LogP contribution < -0.4 is 11.0 Å². The maximum absolute atomic E-state index is 15.6. The molecule has 4 rings (SSSR count). The van der Waals surface area contributed by atoms with Crippen molar-refractivity contribution in [1.82, 2.24) is 35.6 Å². The van der Waals surface area contributed by atoms with Crippen molar-refractivity contribution in [3.8, 4) is 0 Å². The molecule has 0 radical (unpaired) electrons. The van der Waals surface area contributed by atoms with Crippen molar-refractivity contribution in [2.75, 3.05) is 20.1 Å². The number of halogens is 1. The Morgan fingerprint density at radius 2 is 1.89 bits per heavy atom. The highest BCUT2D eigenvalue weighted by Crippen LogP contribution is 2.40. The number of hydrogen-bond acceptors (Lipinski definition) is 7. The maximum Gasteiger partial charge on any atom is 0.158 e. The molecule has 3 aliphatic rings. The van der Waals surface area contributed by atoms with Crippen molar-refractivity contribution < 1.29 is 9.50 Å². The Labute approximate surface area is 159 Å². The Morgan fingerprint density at radius 1 is 1.19 bits per heavy atom. The fourth-order valence-electron chi connectivity index (χ4n) is 4.62. The van der Waals surface area contributed by atoms with Gasteiger partial charge in [-0.1, -0.05) is 0 Å². The summed E-state index contributed by atoms with van der Waals surface area (Å²) in [4.78, 5) is 2.19. The summed E-state index contributed by atoms with van der Waals surface area (Å²) in [5.74, 6) is 1.88. The number of allylic oxidation sites excluding steroid dienone is 1. The number of nitrogens with one attached hydrogen (secondary N) is 2. The van der Waals surface area contributed by atoms with Crippen LogP contribution in [0.4, 0.5) is 4.39 Å². The molecule has 9 heteroatoms. The lowest BCUT2D eigenvalue weighted by Crippen LogP contribution is -2.52. The summed E-state index contributed by atoms with van der Waals surface area (Å²) in [7, 11) is 3.96. The number of hydrazine groups is 2. The largest absolute Gasteiger partial charge is 0.388 e. The molecule has 0 amide bonds. The van der Waals surface area contributed by atoms with E-state index in [0.717, 1.165) is 50.3 Å². The zero-order valence-electron chi connectivity index (χ0n) is 16.2. The van der Waals surface area contributed by atoms with Crippen molar-refractivity contribution in [2.45, 2.75) is 62.8 Å². The Balaban J connectivity index is 1.40. The van der Waals surface area contributed by atoms with Gasteiger partial charge in [0.05, 0.1) is 5.70 Å². The second kappa shape index (κ2) is 7.37. The van der Waals surface area contributed by atoms with E-state index in [1.165, 1.54) is 0 Å². The van der Waals surface area contributed by atoms with Gasteiger partial charge in [-0.15, -0.1) is 15.7 Å². The van der Waals surface area contributed by atoms with Gasteiger partial charge in [0, 0.05) is 38.3 Å². The normalized spacial score (nSPS) is 28.9. The molecule has 1 saturated carbocycles. The van der Waals surface area contributed by atoms with Crippen LogP contribution >= 0.6 is 0 Å². The smallest absolute Gasteiger partial charge is 0.158 e. The van der Waals surface area contributed by atoms with E-state index in [1.807, 2.05) is 23.7 Å². The molecule has 0 spiro atoms.